The van der Waals surface area contributed by atoms with Crippen molar-refractivity contribution in [2.24, 2.45) is 5.92 Å². The molecule has 1 atom stereocenters. The molecule has 0 radical (unpaired) electrons. The Labute approximate surface area is 279 Å². The molecule has 0 bridgehead atoms. The molecule has 0 aliphatic heterocycles. The van der Waals surface area contributed by atoms with Crippen molar-refractivity contribution in [3.8, 4) is 0 Å². The van der Waals surface area contributed by atoms with Crippen LogP contribution in [0.5, 0.6) is 0 Å². The first-order valence-electron chi connectivity index (χ1n) is 19.1. The Kier molecular flexibility index (Phi) is 33.1. The van der Waals surface area contributed by atoms with Crippen LogP contribution in [0.2, 0.25) is 0 Å². The predicted octanol–water partition coefficient (Wildman–Crippen LogP) is 13.0. The minimum Gasteiger partial charge on any atom is -0.481 e. The number of aliphatic carboxylic acids is 1. The Bertz CT molecular complexity index is 730. The zero-order valence-electron chi connectivity index (χ0n) is 29.8. The highest BCUT2D eigenvalue weighted by Gasteiger charge is 2.25. The quantitative estimate of drug-likeness (QED) is 0.0340. The van der Waals surface area contributed by atoms with Gasteiger partial charge in [-0.3, -0.25) is 9.59 Å². The van der Waals surface area contributed by atoms with Crippen LogP contribution < -0.4 is 0 Å². The minimum absolute atomic E-state index is 0.157. The summed E-state index contributed by atoms with van der Waals surface area (Å²) in [6.07, 6.45) is 49.0. The van der Waals surface area contributed by atoms with E-state index in [1.807, 2.05) is 0 Å². The summed E-state index contributed by atoms with van der Waals surface area (Å²) in [7, 11) is 0. The molecular weight excluding hydrogens is 556 g/mol. The van der Waals surface area contributed by atoms with E-state index in [0.29, 0.717) is 0 Å². The maximum absolute atomic E-state index is 12.3. The van der Waals surface area contributed by atoms with E-state index in [1.54, 1.807) is 0 Å². The van der Waals surface area contributed by atoms with E-state index in [9.17, 15) is 14.7 Å². The summed E-state index contributed by atoms with van der Waals surface area (Å²) in [6.45, 7) is 5.91. The lowest BCUT2D eigenvalue weighted by atomic mass is 10.0. The average Bonchev–Trinajstić information content (AvgIpc) is 3.03. The van der Waals surface area contributed by atoms with E-state index >= 15 is 0 Å². The number of allylic oxidation sites excluding steroid dienone is 8. The zero-order valence-corrected chi connectivity index (χ0v) is 29.8. The Hall–Kier alpha value is -2.10. The van der Waals surface area contributed by atoms with Gasteiger partial charge < -0.3 is 9.84 Å². The van der Waals surface area contributed by atoms with E-state index in [4.69, 9.17) is 4.74 Å². The zero-order chi connectivity index (χ0) is 33.1. The van der Waals surface area contributed by atoms with Crippen LogP contribution in [0.15, 0.2) is 48.6 Å². The molecule has 0 aliphatic rings. The average molecular weight is 629 g/mol. The number of hydrogen-bond donors (Lipinski definition) is 1. The number of ether oxygens (including phenoxy) is 1. The van der Waals surface area contributed by atoms with Gasteiger partial charge in [-0.05, 0) is 96.8 Å². The fourth-order valence-electron chi connectivity index (χ4n) is 5.35. The molecule has 0 rings (SSSR count). The second kappa shape index (κ2) is 34.8. The van der Waals surface area contributed by atoms with Crippen molar-refractivity contribution in [3.05, 3.63) is 48.6 Å². The Morgan fingerprint density at radius 2 is 0.844 bits per heavy atom. The van der Waals surface area contributed by atoms with Crippen molar-refractivity contribution in [1.29, 1.82) is 0 Å². The first kappa shape index (κ1) is 42.9. The maximum atomic E-state index is 12.3. The van der Waals surface area contributed by atoms with Crippen molar-refractivity contribution < 1.29 is 19.4 Å². The first-order valence-corrected chi connectivity index (χ1v) is 19.1. The van der Waals surface area contributed by atoms with Gasteiger partial charge in [0.15, 0.2) is 5.92 Å². The number of rotatable bonds is 33. The number of carbonyl (C=O) groups excluding carboxylic acids is 1. The summed E-state index contributed by atoms with van der Waals surface area (Å²) in [5, 5.41) is 9.20. The molecule has 1 unspecified atom stereocenters. The summed E-state index contributed by atoms with van der Waals surface area (Å²) in [5.41, 5.74) is 0. The molecule has 4 nitrogen and oxygen atoms in total. The summed E-state index contributed by atoms with van der Waals surface area (Å²) in [4.78, 5) is 23.6. The Morgan fingerprint density at radius 3 is 1.20 bits per heavy atom. The normalized spacial score (nSPS) is 12.9. The SMILES string of the molecule is CCCCC/C=C\C/C=C\CCCCCCCCC(CCCCCCCC/C=C\C/C=C\CCCCC)OC(=O)C(C)C(=O)O. The van der Waals surface area contributed by atoms with Crippen molar-refractivity contribution >= 4 is 11.9 Å². The van der Waals surface area contributed by atoms with Gasteiger partial charge in [-0.1, -0.05) is 140 Å². The largest absolute Gasteiger partial charge is 0.481 e. The van der Waals surface area contributed by atoms with Gasteiger partial charge in [-0.25, -0.2) is 0 Å². The fourth-order valence-corrected chi connectivity index (χ4v) is 5.35. The molecule has 0 fully saturated rings. The molecule has 0 aromatic carbocycles. The van der Waals surface area contributed by atoms with Crippen molar-refractivity contribution in [2.45, 2.75) is 194 Å². The highest BCUT2D eigenvalue weighted by atomic mass is 16.5. The number of carboxylic acid groups (broad SMARTS) is 1. The van der Waals surface area contributed by atoms with E-state index in [2.05, 4.69) is 62.5 Å². The summed E-state index contributed by atoms with van der Waals surface area (Å²) < 4.78 is 5.68. The summed E-state index contributed by atoms with van der Waals surface area (Å²) >= 11 is 0. The van der Waals surface area contributed by atoms with Crippen molar-refractivity contribution in [1.82, 2.24) is 0 Å². The van der Waals surface area contributed by atoms with E-state index in [-0.39, 0.29) is 6.10 Å². The lowest BCUT2D eigenvalue weighted by Crippen LogP contribution is -2.27. The molecule has 0 saturated heterocycles. The number of carboxylic acids is 1. The standard InChI is InChI=1S/C41H72O4/c1-4-6-8-10-12-14-16-18-20-22-24-26-28-30-32-34-36-39(45-41(44)38(3)40(42)43)37-35-33-31-29-27-25-23-21-19-17-15-13-11-9-7-5-2/h12-15,18-21,38-39H,4-11,16-17,22-37H2,1-3H3,(H,42,43)/b14-12-,15-13-,20-18-,21-19-. The molecule has 0 aromatic rings. The van der Waals surface area contributed by atoms with E-state index in [0.717, 1.165) is 64.2 Å². The third-order valence-corrected chi connectivity index (χ3v) is 8.46. The molecule has 0 heterocycles. The van der Waals surface area contributed by atoms with Gasteiger partial charge in [0, 0.05) is 0 Å². The first-order chi connectivity index (χ1) is 22.0. The van der Waals surface area contributed by atoms with Gasteiger partial charge in [0.25, 0.3) is 0 Å². The molecule has 0 amide bonds. The smallest absolute Gasteiger partial charge is 0.320 e. The fraction of sp³-hybridized carbons (Fsp3) is 0.756. The maximum Gasteiger partial charge on any atom is 0.320 e. The molecule has 0 aliphatic carbocycles. The number of unbranched alkanes of at least 4 members (excludes halogenated alkanes) is 18. The van der Waals surface area contributed by atoms with Crippen LogP contribution in [0.1, 0.15) is 188 Å². The Morgan fingerprint density at radius 1 is 0.511 bits per heavy atom. The van der Waals surface area contributed by atoms with Gasteiger partial charge >= 0.3 is 11.9 Å². The van der Waals surface area contributed by atoms with Gasteiger partial charge in [-0.15, -0.1) is 0 Å². The topological polar surface area (TPSA) is 63.6 Å². The third-order valence-electron chi connectivity index (χ3n) is 8.46. The number of esters is 1. The highest BCUT2D eigenvalue weighted by molar-refractivity contribution is 5.93. The summed E-state index contributed by atoms with van der Waals surface area (Å²) in [5.74, 6) is -2.80. The molecule has 0 saturated carbocycles. The van der Waals surface area contributed by atoms with E-state index < -0.39 is 17.9 Å². The van der Waals surface area contributed by atoms with Gasteiger partial charge in [0.05, 0.1) is 0 Å². The second-order valence-corrected chi connectivity index (χ2v) is 12.9. The van der Waals surface area contributed by atoms with Crippen LogP contribution >= 0.6 is 0 Å². The van der Waals surface area contributed by atoms with Crippen LogP contribution in [0.3, 0.4) is 0 Å². The number of carbonyl (C=O) groups is 2. The van der Waals surface area contributed by atoms with Crippen molar-refractivity contribution in [2.75, 3.05) is 0 Å². The summed E-state index contributed by atoms with van der Waals surface area (Å²) in [6, 6.07) is 0. The van der Waals surface area contributed by atoms with Gasteiger partial charge in [-0.2, -0.15) is 0 Å². The highest BCUT2D eigenvalue weighted by Crippen LogP contribution is 2.19. The lowest BCUT2D eigenvalue weighted by Gasteiger charge is -2.19. The van der Waals surface area contributed by atoms with Crippen LogP contribution in [-0.2, 0) is 14.3 Å². The van der Waals surface area contributed by atoms with Crippen LogP contribution in [-0.4, -0.2) is 23.1 Å². The Balaban J connectivity index is 4.01. The van der Waals surface area contributed by atoms with Gasteiger partial charge in [0.1, 0.15) is 6.10 Å². The minimum atomic E-state index is -1.11. The van der Waals surface area contributed by atoms with Crippen LogP contribution in [0.4, 0.5) is 0 Å². The van der Waals surface area contributed by atoms with Crippen molar-refractivity contribution in [3.63, 3.8) is 0 Å². The monoisotopic (exact) mass is 629 g/mol. The molecule has 0 spiro atoms. The van der Waals surface area contributed by atoms with Gasteiger partial charge in [0.2, 0.25) is 0 Å². The molecule has 1 N–H and O–H groups in total. The lowest BCUT2D eigenvalue weighted by molar-refractivity contribution is -0.162. The molecule has 260 valence electrons. The third kappa shape index (κ3) is 31.7. The predicted molar refractivity (Wildman–Crippen MR) is 195 cm³/mol. The molecule has 45 heavy (non-hydrogen) atoms. The molecule has 4 heteroatoms. The van der Waals surface area contributed by atoms with Crippen LogP contribution in [0.25, 0.3) is 0 Å². The second-order valence-electron chi connectivity index (χ2n) is 12.9. The number of hydrogen-bond acceptors (Lipinski definition) is 3. The molecular formula is C41H72O4. The van der Waals surface area contributed by atoms with Crippen LogP contribution in [0, 0.1) is 5.92 Å². The molecule has 0 aromatic heterocycles. The van der Waals surface area contributed by atoms with E-state index in [1.165, 1.54) is 110 Å².